The normalized spacial score (nSPS) is 24.6. The highest BCUT2D eigenvalue weighted by molar-refractivity contribution is 6.51. The van der Waals surface area contributed by atoms with Gasteiger partial charge in [-0.3, -0.25) is 0 Å². The molecule has 0 N–H and O–H groups in total. The summed E-state index contributed by atoms with van der Waals surface area (Å²) in [6, 6.07) is 2.71. The third-order valence-corrected chi connectivity index (χ3v) is 8.92. The zero-order chi connectivity index (χ0) is 19.3. The van der Waals surface area contributed by atoms with Crippen LogP contribution in [0, 0.1) is 5.92 Å². The molecular weight excluding hydrogens is 356 g/mol. The fourth-order valence-corrected chi connectivity index (χ4v) is 7.03. The van der Waals surface area contributed by atoms with Gasteiger partial charge in [-0.2, -0.15) is 0 Å². The molecule has 160 valence electrons. The molecule has 2 aliphatic heterocycles. The standard InChI is InChI=1S/C22H44O4Si/c1-4-11-19(14-21-15-24-21)18-27(26-6-3)13-10-8-7-9-12-20(5-2)23-16-22-17-25-22/h19-22,27H,4-18H2,1-3H3. The van der Waals surface area contributed by atoms with Gasteiger partial charge in [0, 0.05) is 6.61 Å². The predicted molar refractivity (Wildman–Crippen MR) is 114 cm³/mol. The SMILES string of the molecule is CCCC(CC1CO1)C[SiH](CCCCCCC(CC)OCC1CO1)OCC. The predicted octanol–water partition coefficient (Wildman–Crippen LogP) is 5.10. The first-order chi connectivity index (χ1) is 13.2. The molecule has 0 radical (unpaired) electrons. The van der Waals surface area contributed by atoms with E-state index >= 15 is 0 Å². The molecule has 0 aromatic carbocycles. The first-order valence-electron chi connectivity index (χ1n) is 11.7. The summed E-state index contributed by atoms with van der Waals surface area (Å²) in [6.07, 6.45) is 13.0. The maximum atomic E-state index is 6.21. The summed E-state index contributed by atoms with van der Waals surface area (Å²) in [5.41, 5.74) is 0. The van der Waals surface area contributed by atoms with Crippen LogP contribution in [-0.2, 0) is 18.6 Å². The monoisotopic (exact) mass is 400 g/mol. The average Bonchev–Trinajstić information content (AvgIpc) is 3.56. The maximum Gasteiger partial charge on any atom is 0.177 e. The maximum absolute atomic E-state index is 6.21. The molecule has 0 saturated carbocycles. The fourth-order valence-electron chi connectivity index (χ4n) is 4.10. The molecule has 27 heavy (non-hydrogen) atoms. The van der Waals surface area contributed by atoms with Gasteiger partial charge in [0.05, 0.1) is 32.0 Å². The lowest BCUT2D eigenvalue weighted by Crippen LogP contribution is -2.22. The van der Waals surface area contributed by atoms with Crippen molar-refractivity contribution in [3.05, 3.63) is 0 Å². The molecule has 0 spiro atoms. The van der Waals surface area contributed by atoms with Crippen LogP contribution in [0.5, 0.6) is 0 Å². The summed E-state index contributed by atoms with van der Waals surface area (Å²) in [5, 5.41) is 0. The minimum atomic E-state index is -1.04. The van der Waals surface area contributed by atoms with Crippen LogP contribution >= 0.6 is 0 Å². The van der Waals surface area contributed by atoms with E-state index in [4.69, 9.17) is 18.6 Å². The van der Waals surface area contributed by atoms with Crippen LogP contribution in [0.3, 0.4) is 0 Å². The highest BCUT2D eigenvalue weighted by atomic mass is 28.3. The highest BCUT2D eigenvalue weighted by Gasteiger charge is 2.28. The van der Waals surface area contributed by atoms with Crippen LogP contribution in [0.1, 0.15) is 78.6 Å². The summed E-state index contributed by atoms with van der Waals surface area (Å²) in [6.45, 7) is 10.3. The van der Waals surface area contributed by atoms with Gasteiger partial charge in [0.15, 0.2) is 9.04 Å². The molecule has 5 heteroatoms. The molecular formula is C22H44O4Si. The third-order valence-electron chi connectivity index (χ3n) is 5.87. The fraction of sp³-hybridized carbons (Fsp3) is 1.00. The number of unbranched alkanes of at least 4 members (excludes halogenated alkanes) is 3. The van der Waals surface area contributed by atoms with Gasteiger partial charge in [0.25, 0.3) is 0 Å². The first-order valence-corrected chi connectivity index (χ1v) is 13.8. The molecule has 5 unspecified atom stereocenters. The first kappa shape index (κ1) is 23.3. The molecule has 0 bridgehead atoms. The molecule has 0 aromatic heterocycles. The molecule has 0 aromatic rings. The lowest BCUT2D eigenvalue weighted by atomic mass is 10.0. The number of hydrogen-bond donors (Lipinski definition) is 0. The quantitative estimate of drug-likeness (QED) is 0.172. The molecule has 2 saturated heterocycles. The van der Waals surface area contributed by atoms with Crippen molar-refractivity contribution in [1.29, 1.82) is 0 Å². The number of hydrogen-bond acceptors (Lipinski definition) is 4. The smallest absolute Gasteiger partial charge is 0.177 e. The van der Waals surface area contributed by atoms with Crippen molar-refractivity contribution in [2.24, 2.45) is 5.92 Å². The van der Waals surface area contributed by atoms with Crippen LogP contribution in [-0.4, -0.2) is 53.8 Å². The van der Waals surface area contributed by atoms with Crippen LogP contribution in [0.2, 0.25) is 12.1 Å². The van der Waals surface area contributed by atoms with Gasteiger partial charge in [-0.1, -0.05) is 52.4 Å². The van der Waals surface area contributed by atoms with E-state index in [1.165, 1.54) is 63.5 Å². The summed E-state index contributed by atoms with van der Waals surface area (Å²) in [4.78, 5) is 0. The molecule has 2 aliphatic rings. The Kier molecular flexibility index (Phi) is 12.2. The van der Waals surface area contributed by atoms with E-state index in [0.717, 1.165) is 38.8 Å². The molecule has 0 amide bonds. The van der Waals surface area contributed by atoms with E-state index < -0.39 is 9.04 Å². The summed E-state index contributed by atoms with van der Waals surface area (Å²) in [5.74, 6) is 0.837. The lowest BCUT2D eigenvalue weighted by Gasteiger charge is -2.22. The van der Waals surface area contributed by atoms with Crippen molar-refractivity contribution in [2.45, 2.75) is 109 Å². The zero-order valence-electron chi connectivity index (χ0n) is 18.1. The van der Waals surface area contributed by atoms with E-state index in [2.05, 4.69) is 20.8 Å². The van der Waals surface area contributed by atoms with E-state index in [-0.39, 0.29) is 0 Å². The van der Waals surface area contributed by atoms with Gasteiger partial charge in [0.1, 0.15) is 6.10 Å². The van der Waals surface area contributed by atoms with Gasteiger partial charge in [-0.15, -0.1) is 0 Å². The molecule has 2 rings (SSSR count). The topological polar surface area (TPSA) is 43.5 Å². The van der Waals surface area contributed by atoms with Gasteiger partial charge in [-0.25, -0.2) is 0 Å². The minimum absolute atomic E-state index is 0.391. The van der Waals surface area contributed by atoms with Crippen LogP contribution in [0.25, 0.3) is 0 Å². The zero-order valence-corrected chi connectivity index (χ0v) is 19.3. The van der Waals surface area contributed by atoms with Crippen molar-refractivity contribution in [2.75, 3.05) is 26.4 Å². The largest absolute Gasteiger partial charge is 0.420 e. The van der Waals surface area contributed by atoms with Gasteiger partial charge < -0.3 is 18.6 Å². The van der Waals surface area contributed by atoms with Crippen LogP contribution in [0.4, 0.5) is 0 Å². The van der Waals surface area contributed by atoms with Gasteiger partial charge >= 0.3 is 0 Å². The Morgan fingerprint density at radius 1 is 0.963 bits per heavy atom. The van der Waals surface area contributed by atoms with Crippen molar-refractivity contribution in [3.8, 4) is 0 Å². The lowest BCUT2D eigenvalue weighted by molar-refractivity contribution is 0.0334. The van der Waals surface area contributed by atoms with Crippen molar-refractivity contribution in [3.63, 3.8) is 0 Å². The summed E-state index contributed by atoms with van der Waals surface area (Å²) in [7, 11) is -1.04. The average molecular weight is 401 g/mol. The third kappa shape index (κ3) is 11.6. The Balaban J connectivity index is 1.53. The number of ether oxygens (including phenoxy) is 3. The molecule has 5 atom stereocenters. The Morgan fingerprint density at radius 2 is 1.70 bits per heavy atom. The van der Waals surface area contributed by atoms with Gasteiger partial charge in [-0.05, 0) is 44.2 Å². The molecule has 2 heterocycles. The molecule has 0 aliphatic carbocycles. The van der Waals surface area contributed by atoms with Gasteiger partial charge in [0.2, 0.25) is 0 Å². The summed E-state index contributed by atoms with van der Waals surface area (Å²) >= 11 is 0. The van der Waals surface area contributed by atoms with Crippen molar-refractivity contribution >= 4 is 9.04 Å². The second kappa shape index (κ2) is 14.1. The Hall–Kier alpha value is 0.0569. The van der Waals surface area contributed by atoms with E-state index in [1.807, 2.05) is 0 Å². The number of rotatable bonds is 19. The second-order valence-electron chi connectivity index (χ2n) is 8.47. The molecule has 4 nitrogen and oxygen atoms in total. The van der Waals surface area contributed by atoms with Crippen LogP contribution < -0.4 is 0 Å². The van der Waals surface area contributed by atoms with E-state index in [9.17, 15) is 0 Å². The van der Waals surface area contributed by atoms with Crippen LogP contribution in [0.15, 0.2) is 0 Å². The Labute approximate surface area is 169 Å². The summed E-state index contributed by atoms with van der Waals surface area (Å²) < 4.78 is 22.9. The van der Waals surface area contributed by atoms with E-state index in [0.29, 0.717) is 18.3 Å². The second-order valence-corrected chi connectivity index (χ2v) is 11.1. The highest BCUT2D eigenvalue weighted by Crippen LogP contribution is 2.28. The van der Waals surface area contributed by atoms with Crippen molar-refractivity contribution < 1.29 is 18.6 Å². The molecule has 2 fully saturated rings. The van der Waals surface area contributed by atoms with Crippen molar-refractivity contribution in [1.82, 2.24) is 0 Å². The Bertz CT molecular complexity index is 360. The minimum Gasteiger partial charge on any atom is -0.420 e. The number of epoxide rings is 2. The van der Waals surface area contributed by atoms with E-state index in [1.54, 1.807) is 0 Å². The Morgan fingerprint density at radius 3 is 2.33 bits per heavy atom.